The van der Waals surface area contributed by atoms with E-state index in [0.29, 0.717) is 0 Å². The average Bonchev–Trinajstić information content (AvgIpc) is 3.08. The fraction of sp³-hybridized carbons (Fsp3) is 0.235. The molecule has 2 aromatic rings. The Hall–Kier alpha value is -0.930. The molecule has 0 amide bonds. The number of hydrogen-bond donors (Lipinski definition) is 0. The molecule has 1 saturated heterocycles. The zero-order valence-electron chi connectivity index (χ0n) is 12.9. The van der Waals surface area contributed by atoms with Gasteiger partial charge in [0.2, 0.25) is 0 Å². The summed E-state index contributed by atoms with van der Waals surface area (Å²) in [6, 6.07) is 18.6. The number of ketones is 1. The van der Waals surface area contributed by atoms with Gasteiger partial charge in [0.1, 0.15) is 0 Å². The summed E-state index contributed by atoms with van der Waals surface area (Å²) in [5.74, 6) is 0.0752. The molecule has 2 aromatic carbocycles. The van der Waals surface area contributed by atoms with Gasteiger partial charge in [0, 0.05) is 24.3 Å². The van der Waals surface area contributed by atoms with Crippen molar-refractivity contribution in [1.82, 2.24) is 0 Å². The zero-order valence-corrected chi connectivity index (χ0v) is 13.9. The molecule has 0 N–H and O–H groups in total. The Morgan fingerprint density at radius 3 is 1.50 bits per heavy atom. The minimum atomic E-state index is 0. The van der Waals surface area contributed by atoms with E-state index in [4.69, 9.17) is 4.74 Å². The first-order valence-corrected chi connectivity index (χ1v) is 6.60. The maximum Gasteiger partial charge on any atom is 1.00 e. The van der Waals surface area contributed by atoms with E-state index < -0.39 is 0 Å². The number of ether oxygens (including phenoxy) is 1. The van der Waals surface area contributed by atoms with E-state index in [1.807, 2.05) is 60.7 Å². The topological polar surface area (TPSA) is 26.3 Å². The summed E-state index contributed by atoms with van der Waals surface area (Å²) in [6.07, 6.45) is 2.56. The van der Waals surface area contributed by atoms with Gasteiger partial charge in [-0.1, -0.05) is 60.7 Å². The molecule has 0 bridgehead atoms. The first-order chi connectivity index (χ1) is 9.38. The smallest absolute Gasteiger partial charge is 1.00 e. The van der Waals surface area contributed by atoms with E-state index in [0.717, 1.165) is 24.3 Å². The van der Waals surface area contributed by atoms with Crippen molar-refractivity contribution in [3.8, 4) is 0 Å². The molecule has 1 fully saturated rings. The normalized spacial score (nSPS) is 12.8. The third kappa shape index (κ3) is 5.59. The van der Waals surface area contributed by atoms with Crippen LogP contribution in [0.1, 0.15) is 30.2 Å². The standard InChI is InChI=1S/C13H10O.C4H8O.Na.H/c14-13(11-7-3-1-4-8-11)12-9-5-2-6-10-12;1-2-4-5-3-1;;/h1-10H;1-4H2;;/q;;+1;-1. The van der Waals surface area contributed by atoms with Crippen molar-refractivity contribution in [2.75, 3.05) is 13.2 Å². The van der Waals surface area contributed by atoms with Crippen molar-refractivity contribution in [2.45, 2.75) is 12.8 Å². The molecule has 0 aliphatic carbocycles. The van der Waals surface area contributed by atoms with E-state index in [-0.39, 0.29) is 36.8 Å². The second kappa shape index (κ2) is 9.89. The number of carbonyl (C=O) groups excluding carboxylic acids is 1. The third-order valence-corrected chi connectivity index (χ3v) is 2.90. The summed E-state index contributed by atoms with van der Waals surface area (Å²) in [5, 5.41) is 0. The van der Waals surface area contributed by atoms with Gasteiger partial charge >= 0.3 is 29.6 Å². The second-order valence-corrected chi connectivity index (χ2v) is 4.38. The van der Waals surface area contributed by atoms with E-state index in [9.17, 15) is 4.79 Å². The molecular weight excluding hydrogens is 259 g/mol. The summed E-state index contributed by atoms with van der Waals surface area (Å²) < 4.78 is 4.94. The van der Waals surface area contributed by atoms with E-state index in [1.165, 1.54) is 12.8 Å². The second-order valence-electron chi connectivity index (χ2n) is 4.38. The Kier molecular flexibility index (Phi) is 8.47. The van der Waals surface area contributed by atoms with Gasteiger partial charge in [0.15, 0.2) is 5.78 Å². The summed E-state index contributed by atoms with van der Waals surface area (Å²) >= 11 is 0. The van der Waals surface area contributed by atoms with Crippen molar-refractivity contribution in [2.24, 2.45) is 0 Å². The van der Waals surface area contributed by atoms with E-state index >= 15 is 0 Å². The van der Waals surface area contributed by atoms with Crippen molar-refractivity contribution in [3.05, 3.63) is 71.8 Å². The molecule has 1 heterocycles. The van der Waals surface area contributed by atoms with Crippen LogP contribution in [0.25, 0.3) is 0 Å². The SMILES string of the molecule is C1CCOC1.O=C(c1ccccc1)c1ccccc1.[H-].[Na+]. The summed E-state index contributed by atoms with van der Waals surface area (Å²) in [5.41, 5.74) is 1.47. The van der Waals surface area contributed by atoms with Crippen LogP contribution in [-0.4, -0.2) is 19.0 Å². The van der Waals surface area contributed by atoms with Gasteiger partial charge in [0.25, 0.3) is 0 Å². The summed E-state index contributed by atoms with van der Waals surface area (Å²) in [4.78, 5) is 11.8. The van der Waals surface area contributed by atoms with Crippen molar-refractivity contribution >= 4 is 5.78 Å². The molecule has 0 spiro atoms. The maximum absolute atomic E-state index is 11.8. The molecule has 0 saturated carbocycles. The van der Waals surface area contributed by atoms with Crippen LogP contribution in [0.4, 0.5) is 0 Å². The summed E-state index contributed by atoms with van der Waals surface area (Å²) in [6.45, 7) is 2.00. The Labute approximate surface area is 143 Å². The molecule has 0 radical (unpaired) electrons. The molecule has 3 heteroatoms. The molecule has 0 unspecified atom stereocenters. The first-order valence-electron chi connectivity index (χ1n) is 6.60. The maximum atomic E-state index is 11.8. The quantitative estimate of drug-likeness (QED) is 0.601. The minimum Gasteiger partial charge on any atom is -1.00 e. The Morgan fingerprint density at radius 2 is 1.20 bits per heavy atom. The predicted molar refractivity (Wildman–Crippen MR) is 77.5 cm³/mol. The first kappa shape index (κ1) is 17.1. The molecule has 0 aromatic heterocycles. The van der Waals surface area contributed by atoms with E-state index in [2.05, 4.69) is 0 Å². The number of hydrogen-bond acceptors (Lipinski definition) is 2. The minimum absolute atomic E-state index is 0. The Balaban J connectivity index is 0.000000491. The van der Waals surface area contributed by atoms with Gasteiger partial charge in [-0.2, -0.15) is 0 Å². The van der Waals surface area contributed by atoms with Crippen LogP contribution in [0, 0.1) is 0 Å². The zero-order chi connectivity index (χ0) is 13.3. The Bertz CT molecular complexity index is 450. The average molecular weight is 278 g/mol. The number of benzene rings is 2. The molecule has 1 aliphatic rings. The van der Waals surface area contributed by atoms with Gasteiger partial charge in [-0.3, -0.25) is 4.79 Å². The van der Waals surface area contributed by atoms with Gasteiger partial charge in [0.05, 0.1) is 0 Å². The molecule has 3 rings (SSSR count). The third-order valence-electron chi connectivity index (χ3n) is 2.90. The van der Waals surface area contributed by atoms with Gasteiger partial charge in [-0.05, 0) is 12.8 Å². The molecule has 20 heavy (non-hydrogen) atoms. The molecular formula is C17H19NaO2. The van der Waals surface area contributed by atoms with Crippen LogP contribution < -0.4 is 29.6 Å². The van der Waals surface area contributed by atoms with Crippen molar-refractivity contribution < 1.29 is 40.5 Å². The van der Waals surface area contributed by atoms with Crippen molar-refractivity contribution in [1.29, 1.82) is 0 Å². The van der Waals surface area contributed by atoms with Crippen LogP contribution >= 0.6 is 0 Å². The van der Waals surface area contributed by atoms with Gasteiger partial charge in [-0.25, -0.2) is 0 Å². The van der Waals surface area contributed by atoms with Crippen LogP contribution in [0.5, 0.6) is 0 Å². The number of carbonyl (C=O) groups is 1. The monoisotopic (exact) mass is 278 g/mol. The fourth-order valence-corrected chi connectivity index (χ4v) is 1.86. The van der Waals surface area contributed by atoms with Crippen LogP contribution in [0.2, 0.25) is 0 Å². The molecule has 1 aliphatic heterocycles. The fourth-order valence-electron chi connectivity index (χ4n) is 1.86. The molecule has 2 nitrogen and oxygen atoms in total. The van der Waals surface area contributed by atoms with E-state index in [1.54, 1.807) is 0 Å². The van der Waals surface area contributed by atoms with Crippen LogP contribution in [0.3, 0.4) is 0 Å². The van der Waals surface area contributed by atoms with Crippen LogP contribution in [-0.2, 0) is 4.74 Å². The summed E-state index contributed by atoms with van der Waals surface area (Å²) in [7, 11) is 0. The van der Waals surface area contributed by atoms with Gasteiger partial charge in [-0.15, -0.1) is 0 Å². The molecule has 100 valence electrons. The largest absolute Gasteiger partial charge is 1.00 e. The van der Waals surface area contributed by atoms with Gasteiger partial charge < -0.3 is 6.16 Å². The number of rotatable bonds is 2. The predicted octanol–water partition coefficient (Wildman–Crippen LogP) is 0.831. The molecule has 0 atom stereocenters. The van der Waals surface area contributed by atoms with Crippen LogP contribution in [0.15, 0.2) is 60.7 Å². The Morgan fingerprint density at radius 1 is 0.800 bits per heavy atom. The van der Waals surface area contributed by atoms with Crippen molar-refractivity contribution in [3.63, 3.8) is 0 Å².